The molecule has 7 heteroatoms. The number of ether oxygens (including phenoxy) is 2. The minimum atomic E-state index is -0.768. The maximum atomic E-state index is 13.3. The van der Waals surface area contributed by atoms with Crippen LogP contribution in [0, 0.1) is 5.82 Å². The molecule has 2 aromatic carbocycles. The van der Waals surface area contributed by atoms with E-state index in [2.05, 4.69) is 0 Å². The van der Waals surface area contributed by atoms with E-state index in [1.165, 1.54) is 29.2 Å². The van der Waals surface area contributed by atoms with Crippen molar-refractivity contribution in [3.05, 3.63) is 71.0 Å². The summed E-state index contributed by atoms with van der Waals surface area (Å²) < 4.78 is 24.0. The van der Waals surface area contributed by atoms with Crippen molar-refractivity contribution in [2.75, 3.05) is 26.9 Å². The van der Waals surface area contributed by atoms with E-state index in [9.17, 15) is 19.1 Å². The molecule has 1 saturated heterocycles. The zero-order valence-corrected chi connectivity index (χ0v) is 17.6. The summed E-state index contributed by atoms with van der Waals surface area (Å²) in [5, 5.41) is 10.9. The van der Waals surface area contributed by atoms with Gasteiger partial charge in [0.25, 0.3) is 11.7 Å². The molecule has 2 aromatic rings. The molecule has 0 bridgehead atoms. The lowest BCUT2D eigenvalue weighted by Gasteiger charge is -2.25. The number of aliphatic hydroxyl groups excluding tert-OH is 1. The molecule has 6 nitrogen and oxygen atoms in total. The molecular formula is C24H26FNO5. The summed E-state index contributed by atoms with van der Waals surface area (Å²) >= 11 is 0. The second kappa shape index (κ2) is 10.2. The Labute approximate surface area is 180 Å². The summed E-state index contributed by atoms with van der Waals surface area (Å²) in [5.41, 5.74) is 0.921. The molecule has 164 valence electrons. The van der Waals surface area contributed by atoms with Gasteiger partial charge in [-0.25, -0.2) is 4.39 Å². The first-order valence-corrected chi connectivity index (χ1v) is 10.2. The van der Waals surface area contributed by atoms with Crippen molar-refractivity contribution in [1.82, 2.24) is 4.90 Å². The lowest BCUT2D eigenvalue weighted by Crippen LogP contribution is -2.31. The third-order valence-electron chi connectivity index (χ3n) is 5.07. The van der Waals surface area contributed by atoms with Gasteiger partial charge < -0.3 is 19.5 Å². The van der Waals surface area contributed by atoms with Crippen LogP contribution in [0.25, 0.3) is 5.76 Å². The van der Waals surface area contributed by atoms with Gasteiger partial charge in [-0.15, -0.1) is 0 Å². The molecule has 0 aliphatic carbocycles. The number of halogens is 1. The average molecular weight is 427 g/mol. The zero-order valence-electron chi connectivity index (χ0n) is 17.6. The number of nitrogens with zero attached hydrogens (tertiary/aromatic N) is 1. The van der Waals surface area contributed by atoms with Crippen molar-refractivity contribution >= 4 is 17.4 Å². The predicted molar refractivity (Wildman–Crippen MR) is 114 cm³/mol. The molecule has 1 aliphatic heterocycles. The van der Waals surface area contributed by atoms with Crippen LogP contribution in [0.5, 0.6) is 5.75 Å². The molecule has 0 saturated carbocycles. The number of carbonyl (C=O) groups is 2. The smallest absolute Gasteiger partial charge is 0.295 e. The fraction of sp³-hybridized carbons (Fsp3) is 0.333. The largest absolute Gasteiger partial charge is 0.507 e. The number of hydrogen-bond acceptors (Lipinski definition) is 5. The first-order chi connectivity index (χ1) is 15.0. The summed E-state index contributed by atoms with van der Waals surface area (Å²) in [6.07, 6.45) is 1.41. The van der Waals surface area contributed by atoms with Crippen LogP contribution >= 0.6 is 0 Å². The Morgan fingerprint density at radius 1 is 1.06 bits per heavy atom. The molecule has 1 N–H and O–H groups in total. The molecule has 0 spiro atoms. The number of rotatable bonds is 9. The van der Waals surface area contributed by atoms with E-state index in [1.807, 2.05) is 6.92 Å². The van der Waals surface area contributed by atoms with E-state index >= 15 is 0 Å². The van der Waals surface area contributed by atoms with Gasteiger partial charge in [0, 0.05) is 25.8 Å². The molecule has 1 fully saturated rings. The second-order valence-corrected chi connectivity index (χ2v) is 7.26. The highest BCUT2D eigenvalue weighted by atomic mass is 19.1. The Morgan fingerprint density at radius 2 is 1.74 bits per heavy atom. The quantitative estimate of drug-likeness (QED) is 0.283. The summed E-state index contributed by atoms with van der Waals surface area (Å²) in [4.78, 5) is 27.1. The lowest BCUT2D eigenvalue weighted by molar-refractivity contribution is -0.140. The molecule has 31 heavy (non-hydrogen) atoms. The first-order valence-electron chi connectivity index (χ1n) is 10.2. The van der Waals surface area contributed by atoms with Crippen molar-refractivity contribution in [3.63, 3.8) is 0 Å². The molecule has 1 amide bonds. The Morgan fingerprint density at radius 3 is 2.35 bits per heavy atom. The number of amides is 1. The number of benzene rings is 2. The van der Waals surface area contributed by atoms with Crippen molar-refractivity contribution < 1.29 is 28.6 Å². The summed E-state index contributed by atoms with van der Waals surface area (Å²) in [6, 6.07) is 11.5. The summed E-state index contributed by atoms with van der Waals surface area (Å²) in [6.45, 7) is 3.31. The molecule has 0 radical (unpaired) electrons. The number of hydrogen-bond donors (Lipinski definition) is 1. The maximum Gasteiger partial charge on any atom is 0.295 e. The minimum absolute atomic E-state index is 0.0174. The van der Waals surface area contributed by atoms with Crippen LogP contribution in [0.15, 0.2) is 54.1 Å². The van der Waals surface area contributed by atoms with Crippen LogP contribution in [0.3, 0.4) is 0 Å². The van der Waals surface area contributed by atoms with Gasteiger partial charge >= 0.3 is 0 Å². The second-order valence-electron chi connectivity index (χ2n) is 7.26. The van der Waals surface area contributed by atoms with E-state index in [0.717, 1.165) is 6.42 Å². The van der Waals surface area contributed by atoms with Gasteiger partial charge in [0.2, 0.25) is 0 Å². The fourth-order valence-electron chi connectivity index (χ4n) is 3.57. The van der Waals surface area contributed by atoms with Gasteiger partial charge in [-0.05, 0) is 54.8 Å². The van der Waals surface area contributed by atoms with E-state index in [0.29, 0.717) is 30.9 Å². The zero-order chi connectivity index (χ0) is 22.4. The fourth-order valence-corrected chi connectivity index (χ4v) is 3.57. The number of likely N-dealkylation sites (tertiary alicyclic amines) is 1. The predicted octanol–water partition coefficient (Wildman–Crippen LogP) is 4.07. The molecule has 1 aliphatic rings. The SMILES string of the molecule is CCCOc1ccc(C2/C(=C(/O)c3ccc(F)cc3)C(=O)C(=O)N2CCCOC)cc1. The molecule has 3 rings (SSSR count). The van der Waals surface area contributed by atoms with Gasteiger partial charge in [-0.2, -0.15) is 0 Å². The van der Waals surface area contributed by atoms with E-state index < -0.39 is 23.5 Å². The Balaban J connectivity index is 2.04. The highest BCUT2D eigenvalue weighted by Crippen LogP contribution is 2.39. The summed E-state index contributed by atoms with van der Waals surface area (Å²) in [5.74, 6) is -1.56. The van der Waals surface area contributed by atoms with Gasteiger partial charge in [0.05, 0.1) is 18.2 Å². The minimum Gasteiger partial charge on any atom is -0.507 e. The highest BCUT2D eigenvalue weighted by Gasteiger charge is 2.45. The number of ketones is 1. The van der Waals surface area contributed by atoms with E-state index in [-0.39, 0.29) is 23.4 Å². The van der Waals surface area contributed by atoms with Gasteiger partial charge in [-0.3, -0.25) is 9.59 Å². The van der Waals surface area contributed by atoms with Crippen molar-refractivity contribution in [1.29, 1.82) is 0 Å². The Kier molecular flexibility index (Phi) is 7.41. The maximum absolute atomic E-state index is 13.3. The number of methoxy groups -OCH3 is 1. The highest BCUT2D eigenvalue weighted by molar-refractivity contribution is 6.46. The molecule has 1 unspecified atom stereocenters. The van der Waals surface area contributed by atoms with Crippen LogP contribution in [-0.2, 0) is 14.3 Å². The van der Waals surface area contributed by atoms with Crippen molar-refractivity contribution in [2.24, 2.45) is 0 Å². The van der Waals surface area contributed by atoms with Crippen molar-refractivity contribution in [2.45, 2.75) is 25.8 Å². The third-order valence-corrected chi connectivity index (χ3v) is 5.07. The van der Waals surface area contributed by atoms with Crippen LogP contribution in [0.2, 0.25) is 0 Å². The van der Waals surface area contributed by atoms with E-state index in [4.69, 9.17) is 9.47 Å². The van der Waals surface area contributed by atoms with Crippen molar-refractivity contribution in [3.8, 4) is 5.75 Å². The van der Waals surface area contributed by atoms with Crippen LogP contribution in [-0.4, -0.2) is 48.6 Å². The average Bonchev–Trinajstić information content (AvgIpc) is 3.03. The lowest BCUT2D eigenvalue weighted by atomic mass is 9.95. The van der Waals surface area contributed by atoms with Crippen LogP contribution in [0.4, 0.5) is 4.39 Å². The standard InChI is InChI=1S/C24H26FNO5/c1-3-14-31-19-11-7-16(8-12-19)21-20(22(27)17-5-9-18(25)10-6-17)23(28)24(29)26(21)13-4-15-30-2/h5-12,21,27H,3-4,13-15H2,1-2H3/b22-20-. The number of carbonyl (C=O) groups excluding carboxylic acids is 2. The number of aliphatic hydroxyl groups is 1. The topological polar surface area (TPSA) is 76.1 Å². The van der Waals surface area contributed by atoms with Gasteiger partial charge in [-0.1, -0.05) is 19.1 Å². The Hall–Kier alpha value is -3.19. The summed E-state index contributed by atoms with van der Waals surface area (Å²) in [7, 11) is 1.56. The van der Waals surface area contributed by atoms with Gasteiger partial charge in [0.1, 0.15) is 17.3 Å². The van der Waals surface area contributed by atoms with E-state index in [1.54, 1.807) is 31.4 Å². The normalized spacial score (nSPS) is 17.9. The van der Waals surface area contributed by atoms with Crippen LogP contribution < -0.4 is 4.74 Å². The molecular weight excluding hydrogens is 401 g/mol. The molecule has 1 heterocycles. The van der Waals surface area contributed by atoms with Crippen LogP contribution in [0.1, 0.15) is 36.9 Å². The van der Waals surface area contributed by atoms with Gasteiger partial charge in [0.15, 0.2) is 0 Å². The first kappa shape index (κ1) is 22.5. The molecule has 1 atom stereocenters. The molecule has 0 aromatic heterocycles. The monoisotopic (exact) mass is 427 g/mol. The number of Topliss-reactive ketones (excluding diaryl/α,β-unsaturated/α-hetero) is 1. The Bertz CT molecular complexity index is 953. The third kappa shape index (κ3) is 4.94.